The smallest absolute Gasteiger partial charge is 0.248 e. The molecule has 0 bridgehead atoms. The molecule has 1 aromatic carbocycles. The third-order valence-electron chi connectivity index (χ3n) is 5.71. The lowest BCUT2D eigenvalue weighted by Crippen LogP contribution is -2.39. The third-order valence-corrected chi connectivity index (χ3v) is 5.71. The minimum Gasteiger partial charge on any atom is -0.493 e. The molecule has 1 fully saturated rings. The molecule has 0 aliphatic carbocycles. The van der Waals surface area contributed by atoms with Gasteiger partial charge in [0.2, 0.25) is 5.56 Å². The number of rotatable bonds is 9. The normalized spacial score (nSPS) is 16.8. The number of aromatic amines is 1. The first-order valence-corrected chi connectivity index (χ1v) is 10.5. The maximum absolute atomic E-state index is 11.4. The number of hydrogen-bond acceptors (Lipinski definition) is 4. The van der Waals surface area contributed by atoms with E-state index in [2.05, 4.69) is 53.3 Å². The van der Waals surface area contributed by atoms with E-state index < -0.39 is 0 Å². The number of aryl methyl sites for hydroxylation is 1. The zero-order chi connectivity index (χ0) is 19.8. The molecule has 1 aliphatic rings. The van der Waals surface area contributed by atoms with E-state index in [-0.39, 0.29) is 11.6 Å². The molecule has 152 valence electrons. The summed E-state index contributed by atoms with van der Waals surface area (Å²) in [5.74, 6) is 1.69. The highest BCUT2D eigenvalue weighted by Gasteiger charge is 2.20. The molecule has 28 heavy (non-hydrogen) atoms. The Hall–Kier alpha value is -2.11. The fourth-order valence-corrected chi connectivity index (χ4v) is 3.81. The van der Waals surface area contributed by atoms with Gasteiger partial charge in [-0.1, -0.05) is 25.1 Å². The van der Waals surface area contributed by atoms with E-state index in [9.17, 15) is 4.79 Å². The second-order valence-electron chi connectivity index (χ2n) is 7.72. The molecule has 1 unspecified atom stereocenters. The van der Waals surface area contributed by atoms with Crippen LogP contribution in [0.2, 0.25) is 0 Å². The first-order chi connectivity index (χ1) is 13.7. The van der Waals surface area contributed by atoms with Crippen molar-refractivity contribution in [3.8, 4) is 5.75 Å². The highest BCUT2D eigenvalue weighted by atomic mass is 16.5. The van der Waals surface area contributed by atoms with Crippen LogP contribution in [0.15, 0.2) is 47.4 Å². The maximum atomic E-state index is 11.4. The molecule has 0 amide bonds. The number of benzene rings is 1. The van der Waals surface area contributed by atoms with Gasteiger partial charge >= 0.3 is 0 Å². The predicted molar refractivity (Wildman–Crippen MR) is 114 cm³/mol. The fraction of sp³-hybridized carbons (Fsp3) is 0.522. The lowest BCUT2D eigenvalue weighted by molar-refractivity contribution is 0.141. The van der Waals surface area contributed by atoms with E-state index >= 15 is 0 Å². The van der Waals surface area contributed by atoms with E-state index in [1.807, 2.05) is 6.07 Å². The summed E-state index contributed by atoms with van der Waals surface area (Å²) in [7, 11) is 0. The summed E-state index contributed by atoms with van der Waals surface area (Å²) < 4.78 is 6.12. The Morgan fingerprint density at radius 1 is 1.25 bits per heavy atom. The van der Waals surface area contributed by atoms with Crippen LogP contribution in [-0.4, -0.2) is 42.7 Å². The number of nitrogens with zero attached hydrogens (tertiary/aromatic N) is 1. The van der Waals surface area contributed by atoms with Crippen molar-refractivity contribution in [1.29, 1.82) is 0 Å². The molecule has 0 spiro atoms. The van der Waals surface area contributed by atoms with Crippen molar-refractivity contribution in [1.82, 2.24) is 15.2 Å². The van der Waals surface area contributed by atoms with Gasteiger partial charge in [0.1, 0.15) is 5.75 Å². The summed E-state index contributed by atoms with van der Waals surface area (Å²) in [6.45, 7) is 9.33. The molecule has 5 heteroatoms. The number of para-hydroxylation sites is 1. The van der Waals surface area contributed by atoms with E-state index in [1.165, 1.54) is 18.4 Å². The Bertz CT molecular complexity index is 781. The van der Waals surface area contributed by atoms with Crippen LogP contribution in [0.5, 0.6) is 5.75 Å². The highest BCUT2D eigenvalue weighted by Crippen LogP contribution is 2.22. The Morgan fingerprint density at radius 3 is 2.79 bits per heavy atom. The van der Waals surface area contributed by atoms with Crippen molar-refractivity contribution >= 4 is 0 Å². The van der Waals surface area contributed by atoms with Crippen molar-refractivity contribution in [3.63, 3.8) is 0 Å². The van der Waals surface area contributed by atoms with Gasteiger partial charge in [0, 0.05) is 31.4 Å². The maximum Gasteiger partial charge on any atom is 0.248 e. The largest absolute Gasteiger partial charge is 0.493 e. The molecule has 2 aromatic rings. The summed E-state index contributed by atoms with van der Waals surface area (Å²) in [6.07, 6.45) is 5.11. The Morgan fingerprint density at radius 2 is 2.04 bits per heavy atom. The van der Waals surface area contributed by atoms with Gasteiger partial charge in [-0.25, -0.2) is 0 Å². The summed E-state index contributed by atoms with van der Waals surface area (Å²) in [6, 6.07) is 12.2. The van der Waals surface area contributed by atoms with Crippen LogP contribution in [0.4, 0.5) is 0 Å². The van der Waals surface area contributed by atoms with Crippen LogP contribution in [0.1, 0.15) is 43.9 Å². The number of pyridine rings is 1. The number of ether oxygens (including phenoxy) is 1. The van der Waals surface area contributed by atoms with Gasteiger partial charge < -0.3 is 19.9 Å². The quantitative estimate of drug-likeness (QED) is 0.697. The SMILES string of the molecule is CCc1ccccc1OCC1CCN(CCNC(C)c2cc[nH]c(=O)c2)CC1. The summed E-state index contributed by atoms with van der Waals surface area (Å²) in [4.78, 5) is 16.6. The first kappa shape index (κ1) is 20.6. The second-order valence-corrected chi connectivity index (χ2v) is 7.72. The molecular formula is C23H33N3O2. The summed E-state index contributed by atoms with van der Waals surface area (Å²) >= 11 is 0. The number of hydrogen-bond donors (Lipinski definition) is 2. The first-order valence-electron chi connectivity index (χ1n) is 10.5. The molecule has 2 N–H and O–H groups in total. The minimum absolute atomic E-state index is 0.0444. The topological polar surface area (TPSA) is 57.4 Å². The predicted octanol–water partition coefficient (Wildman–Crippen LogP) is 3.38. The molecule has 1 aromatic heterocycles. The van der Waals surface area contributed by atoms with Gasteiger partial charge in [-0.3, -0.25) is 4.79 Å². The van der Waals surface area contributed by atoms with Gasteiger partial charge in [0.25, 0.3) is 0 Å². The lowest BCUT2D eigenvalue weighted by Gasteiger charge is -2.32. The van der Waals surface area contributed by atoms with Gasteiger partial charge in [-0.2, -0.15) is 0 Å². The van der Waals surface area contributed by atoms with E-state index in [0.717, 1.165) is 50.5 Å². The second kappa shape index (κ2) is 10.4. The zero-order valence-corrected chi connectivity index (χ0v) is 17.1. The number of aromatic nitrogens is 1. The van der Waals surface area contributed by atoms with Gasteiger partial charge in [0.05, 0.1) is 6.61 Å². The Kier molecular flexibility index (Phi) is 7.69. The van der Waals surface area contributed by atoms with Crippen molar-refractivity contribution in [2.75, 3.05) is 32.8 Å². The lowest BCUT2D eigenvalue weighted by atomic mass is 9.98. The molecule has 5 nitrogen and oxygen atoms in total. The summed E-state index contributed by atoms with van der Waals surface area (Å²) in [5.41, 5.74) is 2.28. The molecule has 1 saturated heterocycles. The zero-order valence-electron chi connectivity index (χ0n) is 17.1. The van der Waals surface area contributed by atoms with Crippen LogP contribution in [0, 0.1) is 5.92 Å². The monoisotopic (exact) mass is 383 g/mol. The van der Waals surface area contributed by atoms with Crippen molar-refractivity contribution in [2.24, 2.45) is 5.92 Å². The van der Waals surface area contributed by atoms with Crippen molar-refractivity contribution in [3.05, 3.63) is 64.1 Å². The van der Waals surface area contributed by atoms with Crippen molar-refractivity contribution < 1.29 is 4.74 Å². The van der Waals surface area contributed by atoms with Crippen LogP contribution in [-0.2, 0) is 6.42 Å². The highest BCUT2D eigenvalue weighted by molar-refractivity contribution is 5.33. The molecule has 2 heterocycles. The van der Waals surface area contributed by atoms with Crippen molar-refractivity contribution in [2.45, 2.75) is 39.2 Å². The molecule has 0 saturated carbocycles. The van der Waals surface area contributed by atoms with Crippen LogP contribution in [0.3, 0.4) is 0 Å². The van der Waals surface area contributed by atoms with E-state index in [1.54, 1.807) is 12.3 Å². The van der Waals surface area contributed by atoms with Crippen LogP contribution < -0.4 is 15.6 Å². The average molecular weight is 384 g/mol. The Balaban J connectivity index is 1.34. The number of piperidine rings is 1. The van der Waals surface area contributed by atoms with Gasteiger partial charge in [-0.05, 0) is 68.5 Å². The summed E-state index contributed by atoms with van der Waals surface area (Å²) in [5, 5.41) is 3.52. The molecule has 1 atom stereocenters. The standard InChI is InChI=1S/C23H33N3O2/c1-3-20-6-4-5-7-22(20)28-17-19-9-13-26(14-10-19)15-12-24-18(2)21-8-11-25-23(27)16-21/h4-8,11,16,18-19,24H,3,9-10,12-15,17H2,1-2H3,(H,25,27). The van der Waals surface area contributed by atoms with E-state index in [0.29, 0.717) is 5.92 Å². The van der Waals surface area contributed by atoms with Gasteiger partial charge in [-0.15, -0.1) is 0 Å². The minimum atomic E-state index is -0.0444. The molecular weight excluding hydrogens is 350 g/mol. The number of likely N-dealkylation sites (tertiary alicyclic amines) is 1. The number of nitrogens with one attached hydrogen (secondary N) is 2. The molecule has 1 aliphatic heterocycles. The third kappa shape index (κ3) is 5.94. The van der Waals surface area contributed by atoms with Gasteiger partial charge in [0.15, 0.2) is 0 Å². The van der Waals surface area contributed by atoms with E-state index in [4.69, 9.17) is 4.74 Å². The molecule has 3 rings (SSSR count). The average Bonchev–Trinajstić information content (AvgIpc) is 2.73. The number of H-pyrrole nitrogens is 1. The van der Waals surface area contributed by atoms with Crippen LogP contribution >= 0.6 is 0 Å². The molecule has 0 radical (unpaired) electrons. The fourth-order valence-electron chi connectivity index (χ4n) is 3.81. The van der Waals surface area contributed by atoms with Crippen LogP contribution in [0.25, 0.3) is 0 Å². The Labute approximate surface area is 168 Å².